The average molecular weight is 623 g/mol. The Hall–Kier alpha value is -2.46. The van der Waals surface area contributed by atoms with Gasteiger partial charge in [-0.25, -0.2) is 8.99 Å². The molecule has 2 aromatic carbocycles. The summed E-state index contributed by atoms with van der Waals surface area (Å²) in [4.78, 5) is 1.13. The van der Waals surface area contributed by atoms with Gasteiger partial charge in [0.1, 0.15) is 23.9 Å². The molecule has 1 aromatic heterocycles. The van der Waals surface area contributed by atoms with Gasteiger partial charge >= 0.3 is 0 Å². The molecule has 0 saturated heterocycles. The first kappa shape index (κ1) is 31.9. The quantitative estimate of drug-likeness (QED) is 0.199. The SMILES string of the molecule is COc1ccc(CN2CCOc3cc(Nc4cc([C@H]5CC[C@@H](O[Si](C)(C)C(C)(C)C)C5)nn4C(C)(C)C)ccc3S2)cc1. The van der Waals surface area contributed by atoms with Gasteiger partial charge in [-0.05, 0) is 99.9 Å². The van der Waals surface area contributed by atoms with Crippen LogP contribution in [-0.2, 0) is 16.5 Å². The minimum atomic E-state index is -1.79. The summed E-state index contributed by atoms with van der Waals surface area (Å²) in [5, 5.41) is 9.07. The van der Waals surface area contributed by atoms with Crippen LogP contribution in [0.1, 0.15) is 78.0 Å². The molecule has 2 aliphatic rings. The second-order valence-corrected chi connectivity index (χ2v) is 20.4. The van der Waals surface area contributed by atoms with Gasteiger partial charge in [-0.15, -0.1) is 0 Å². The van der Waals surface area contributed by atoms with E-state index < -0.39 is 8.32 Å². The molecule has 43 heavy (non-hydrogen) atoms. The van der Waals surface area contributed by atoms with Gasteiger partial charge in [0.25, 0.3) is 0 Å². The molecule has 7 nitrogen and oxygen atoms in total. The molecule has 2 heterocycles. The standard InChI is InChI=1S/C34H50N4O3SSi/c1-33(2,3)38-32(22-29(36-38)25-12-16-28(20-25)41-43(8,9)34(4,5)6)35-26-13-17-31-30(21-26)40-19-18-37(42-31)23-24-10-14-27(39-7)15-11-24/h10-11,13-15,17,21-22,25,28,35H,12,16,18-20,23H2,1-9H3/t25-,28+/m0/s1. The zero-order valence-corrected chi connectivity index (χ0v) is 29.3. The highest BCUT2D eigenvalue weighted by atomic mass is 32.2. The van der Waals surface area contributed by atoms with E-state index in [2.05, 4.69) is 105 Å². The maximum absolute atomic E-state index is 6.79. The summed E-state index contributed by atoms with van der Waals surface area (Å²) >= 11 is 1.75. The number of ether oxygens (including phenoxy) is 2. The van der Waals surface area contributed by atoms with Crippen molar-refractivity contribution in [3.8, 4) is 11.5 Å². The third kappa shape index (κ3) is 7.61. The predicted molar refractivity (Wildman–Crippen MR) is 180 cm³/mol. The third-order valence-corrected chi connectivity index (χ3v) is 14.6. The molecule has 2 atom stereocenters. The molecule has 0 radical (unpaired) electrons. The second kappa shape index (κ2) is 12.5. The van der Waals surface area contributed by atoms with Gasteiger partial charge in [0.2, 0.25) is 0 Å². The lowest BCUT2D eigenvalue weighted by atomic mass is 10.0. The van der Waals surface area contributed by atoms with Crippen molar-refractivity contribution in [3.05, 3.63) is 59.8 Å². The summed E-state index contributed by atoms with van der Waals surface area (Å²) in [6.45, 7) is 20.6. The fourth-order valence-electron chi connectivity index (χ4n) is 5.52. The van der Waals surface area contributed by atoms with Crippen LogP contribution in [0.4, 0.5) is 11.5 Å². The molecule has 1 saturated carbocycles. The van der Waals surface area contributed by atoms with Crippen molar-refractivity contribution in [2.45, 2.75) is 108 Å². The fourth-order valence-corrected chi connectivity index (χ4v) is 7.91. The van der Waals surface area contributed by atoms with E-state index in [1.54, 1.807) is 19.1 Å². The number of fused-ring (bicyclic) bond motifs is 1. The number of hydrogen-bond donors (Lipinski definition) is 1. The van der Waals surface area contributed by atoms with Crippen LogP contribution in [0.3, 0.4) is 0 Å². The molecule has 9 heteroatoms. The van der Waals surface area contributed by atoms with E-state index in [1.807, 2.05) is 12.1 Å². The Morgan fingerprint density at radius 3 is 2.44 bits per heavy atom. The Bertz CT molecular complexity index is 1390. The van der Waals surface area contributed by atoms with Crippen LogP contribution in [0.5, 0.6) is 11.5 Å². The summed E-state index contributed by atoms with van der Waals surface area (Å²) in [7, 11) is -0.0919. The van der Waals surface area contributed by atoms with Gasteiger partial charge in [-0.2, -0.15) is 5.10 Å². The summed E-state index contributed by atoms with van der Waals surface area (Å²) in [5.74, 6) is 3.22. The highest BCUT2D eigenvalue weighted by molar-refractivity contribution is 7.97. The Morgan fingerprint density at radius 2 is 1.77 bits per heavy atom. The molecule has 1 N–H and O–H groups in total. The van der Waals surface area contributed by atoms with Gasteiger partial charge in [0, 0.05) is 42.9 Å². The molecule has 5 rings (SSSR count). The lowest BCUT2D eigenvalue weighted by molar-refractivity contribution is 0.186. The molecule has 1 aliphatic carbocycles. The topological polar surface area (TPSA) is 60.8 Å². The van der Waals surface area contributed by atoms with Gasteiger partial charge < -0.3 is 19.2 Å². The molecular weight excluding hydrogens is 573 g/mol. The highest BCUT2D eigenvalue weighted by Crippen LogP contribution is 2.43. The Morgan fingerprint density at radius 1 is 1.02 bits per heavy atom. The summed E-state index contributed by atoms with van der Waals surface area (Å²) in [6, 6.07) is 17.0. The number of rotatable bonds is 8. The van der Waals surface area contributed by atoms with Crippen LogP contribution in [-0.4, -0.2) is 48.8 Å². The number of anilines is 2. The van der Waals surface area contributed by atoms with Crippen LogP contribution in [0.15, 0.2) is 53.4 Å². The number of hydrogen-bond acceptors (Lipinski definition) is 7. The third-order valence-electron chi connectivity index (χ3n) is 8.99. The van der Waals surface area contributed by atoms with Crippen molar-refractivity contribution in [1.82, 2.24) is 14.1 Å². The lowest BCUT2D eigenvalue weighted by Crippen LogP contribution is -2.43. The van der Waals surface area contributed by atoms with Crippen molar-refractivity contribution in [2.24, 2.45) is 0 Å². The Balaban J connectivity index is 1.29. The van der Waals surface area contributed by atoms with Gasteiger partial charge in [-0.1, -0.05) is 32.9 Å². The zero-order valence-electron chi connectivity index (χ0n) is 27.5. The molecule has 3 aromatic rings. The van der Waals surface area contributed by atoms with E-state index in [0.29, 0.717) is 18.6 Å². The largest absolute Gasteiger partial charge is 0.497 e. The number of nitrogens with one attached hydrogen (secondary N) is 1. The van der Waals surface area contributed by atoms with E-state index in [0.717, 1.165) is 65.9 Å². The Kier molecular flexibility index (Phi) is 9.29. The number of aromatic nitrogens is 2. The number of benzene rings is 2. The summed E-state index contributed by atoms with van der Waals surface area (Å²) in [6.07, 6.45) is 3.60. The van der Waals surface area contributed by atoms with Crippen molar-refractivity contribution in [2.75, 3.05) is 25.6 Å². The Labute approximate surface area is 263 Å². The first-order chi connectivity index (χ1) is 20.2. The molecule has 0 spiro atoms. The molecular formula is C34H50N4O3SSi. The van der Waals surface area contributed by atoms with E-state index in [4.69, 9.17) is 19.0 Å². The van der Waals surface area contributed by atoms with Crippen LogP contribution >= 0.6 is 11.9 Å². The predicted octanol–water partition coefficient (Wildman–Crippen LogP) is 8.95. The highest BCUT2D eigenvalue weighted by Gasteiger charge is 2.41. The normalized spacial score (nSPS) is 19.9. The minimum Gasteiger partial charge on any atom is -0.497 e. The average Bonchev–Trinajstić information content (AvgIpc) is 3.51. The van der Waals surface area contributed by atoms with E-state index in [-0.39, 0.29) is 10.6 Å². The van der Waals surface area contributed by atoms with E-state index in [1.165, 1.54) is 5.56 Å². The smallest absolute Gasteiger partial charge is 0.192 e. The monoisotopic (exact) mass is 622 g/mol. The van der Waals surface area contributed by atoms with Gasteiger partial charge in [0.05, 0.1) is 23.2 Å². The molecule has 0 amide bonds. The van der Waals surface area contributed by atoms with Crippen molar-refractivity contribution in [1.29, 1.82) is 0 Å². The van der Waals surface area contributed by atoms with E-state index in [9.17, 15) is 0 Å². The maximum atomic E-state index is 6.79. The maximum Gasteiger partial charge on any atom is 0.192 e. The van der Waals surface area contributed by atoms with Crippen LogP contribution in [0.2, 0.25) is 18.1 Å². The van der Waals surface area contributed by atoms with Crippen molar-refractivity contribution >= 4 is 31.8 Å². The van der Waals surface area contributed by atoms with Crippen LogP contribution < -0.4 is 14.8 Å². The second-order valence-electron chi connectivity index (χ2n) is 14.5. The summed E-state index contributed by atoms with van der Waals surface area (Å²) in [5.41, 5.74) is 3.26. The molecule has 0 bridgehead atoms. The lowest BCUT2D eigenvalue weighted by Gasteiger charge is -2.38. The molecule has 1 fully saturated rings. The minimum absolute atomic E-state index is 0.157. The van der Waals surface area contributed by atoms with Crippen LogP contribution in [0.25, 0.3) is 0 Å². The molecule has 234 valence electrons. The van der Waals surface area contributed by atoms with Gasteiger partial charge in [-0.3, -0.25) is 0 Å². The molecule has 1 aliphatic heterocycles. The fraction of sp³-hybridized carbons (Fsp3) is 0.559. The van der Waals surface area contributed by atoms with E-state index >= 15 is 0 Å². The first-order valence-corrected chi connectivity index (χ1v) is 19.3. The summed E-state index contributed by atoms with van der Waals surface area (Å²) < 4.78 is 22.8. The van der Waals surface area contributed by atoms with Gasteiger partial charge in [0.15, 0.2) is 8.32 Å². The van der Waals surface area contributed by atoms with Crippen molar-refractivity contribution in [3.63, 3.8) is 0 Å². The number of methoxy groups -OCH3 is 1. The molecule has 0 unspecified atom stereocenters. The van der Waals surface area contributed by atoms with Crippen LogP contribution in [0, 0.1) is 0 Å². The number of nitrogens with zero attached hydrogens (tertiary/aromatic N) is 3. The zero-order chi connectivity index (χ0) is 31.0. The van der Waals surface area contributed by atoms with Crippen molar-refractivity contribution < 1.29 is 13.9 Å². The first-order valence-electron chi connectivity index (χ1n) is 15.6.